The van der Waals surface area contributed by atoms with Crippen LogP contribution in [0.25, 0.3) is 0 Å². The van der Waals surface area contributed by atoms with Crippen molar-refractivity contribution < 1.29 is 19.1 Å². The highest BCUT2D eigenvalue weighted by Gasteiger charge is 2.25. The van der Waals surface area contributed by atoms with Gasteiger partial charge in [-0.05, 0) is 49.1 Å². The predicted molar refractivity (Wildman–Crippen MR) is 108 cm³/mol. The number of para-hydroxylation sites is 1. The summed E-state index contributed by atoms with van der Waals surface area (Å²) in [6.45, 7) is 3.52. The second-order valence-corrected chi connectivity index (χ2v) is 6.61. The summed E-state index contributed by atoms with van der Waals surface area (Å²) in [6.07, 6.45) is 4.53. The molecule has 0 aromatic heterocycles. The van der Waals surface area contributed by atoms with Crippen LogP contribution in [0.5, 0.6) is 11.5 Å². The van der Waals surface area contributed by atoms with Crippen LogP contribution in [0.2, 0.25) is 0 Å². The van der Waals surface area contributed by atoms with E-state index in [9.17, 15) is 9.59 Å². The Hall–Kier alpha value is -3.28. The molecule has 0 unspecified atom stereocenters. The molecule has 1 aliphatic carbocycles. The van der Waals surface area contributed by atoms with Gasteiger partial charge in [-0.1, -0.05) is 24.3 Å². The van der Waals surface area contributed by atoms with Crippen LogP contribution in [0.4, 0.5) is 5.69 Å². The SMILES string of the molecule is C=CCc1ccc(OCC(=O)Nc2ccccc2C(=O)NC2CC2)c(OC)c1. The fraction of sp³-hybridized carbons (Fsp3) is 0.273. The van der Waals surface area contributed by atoms with Crippen molar-refractivity contribution in [2.75, 3.05) is 19.0 Å². The molecule has 0 radical (unpaired) electrons. The number of hydrogen-bond donors (Lipinski definition) is 2. The zero-order valence-corrected chi connectivity index (χ0v) is 15.9. The fourth-order valence-electron chi connectivity index (χ4n) is 2.74. The summed E-state index contributed by atoms with van der Waals surface area (Å²) in [6, 6.07) is 12.7. The van der Waals surface area contributed by atoms with Gasteiger partial charge in [-0.3, -0.25) is 9.59 Å². The number of carbonyl (C=O) groups excluding carboxylic acids is 2. The van der Waals surface area contributed by atoms with Gasteiger partial charge in [0.2, 0.25) is 0 Å². The van der Waals surface area contributed by atoms with Crippen molar-refractivity contribution in [2.45, 2.75) is 25.3 Å². The monoisotopic (exact) mass is 380 g/mol. The third kappa shape index (κ3) is 5.13. The van der Waals surface area contributed by atoms with Gasteiger partial charge in [-0.15, -0.1) is 6.58 Å². The number of nitrogens with one attached hydrogen (secondary N) is 2. The van der Waals surface area contributed by atoms with Gasteiger partial charge in [-0.25, -0.2) is 0 Å². The summed E-state index contributed by atoms with van der Waals surface area (Å²) in [4.78, 5) is 24.7. The van der Waals surface area contributed by atoms with Gasteiger partial charge >= 0.3 is 0 Å². The molecular weight excluding hydrogens is 356 g/mol. The van der Waals surface area contributed by atoms with E-state index in [1.165, 1.54) is 0 Å². The highest BCUT2D eigenvalue weighted by molar-refractivity contribution is 6.04. The average Bonchev–Trinajstić information content (AvgIpc) is 3.51. The lowest BCUT2D eigenvalue weighted by atomic mass is 10.1. The number of amides is 2. The van der Waals surface area contributed by atoms with Crippen LogP contribution in [0.3, 0.4) is 0 Å². The van der Waals surface area contributed by atoms with Gasteiger partial charge in [0.25, 0.3) is 11.8 Å². The van der Waals surface area contributed by atoms with Gasteiger partial charge in [0.1, 0.15) is 0 Å². The van der Waals surface area contributed by atoms with E-state index in [0.29, 0.717) is 22.7 Å². The van der Waals surface area contributed by atoms with Crippen molar-refractivity contribution in [3.05, 3.63) is 66.2 Å². The van der Waals surface area contributed by atoms with Gasteiger partial charge in [-0.2, -0.15) is 0 Å². The average molecular weight is 380 g/mol. The van der Waals surface area contributed by atoms with Crippen molar-refractivity contribution in [1.29, 1.82) is 0 Å². The molecule has 1 fully saturated rings. The minimum atomic E-state index is -0.358. The Kier molecular flexibility index (Phi) is 6.32. The normalized spacial score (nSPS) is 12.8. The molecule has 0 spiro atoms. The molecule has 2 aromatic carbocycles. The molecular formula is C22H24N2O4. The Balaban J connectivity index is 1.62. The van der Waals surface area contributed by atoms with E-state index >= 15 is 0 Å². The van der Waals surface area contributed by atoms with Crippen molar-refractivity contribution >= 4 is 17.5 Å². The number of rotatable bonds is 9. The van der Waals surface area contributed by atoms with Gasteiger partial charge in [0.05, 0.1) is 18.4 Å². The standard InChI is InChI=1S/C22H24N2O4/c1-3-6-15-9-12-19(20(13-15)27-2)28-14-21(25)24-18-8-5-4-7-17(18)22(26)23-16-10-11-16/h3-5,7-9,12-13,16H,1,6,10-11,14H2,2H3,(H,23,26)(H,24,25). The van der Waals surface area contributed by atoms with Crippen LogP contribution in [-0.4, -0.2) is 31.6 Å². The molecule has 146 valence electrons. The Labute approximate surface area is 164 Å². The maximum absolute atomic E-state index is 12.3. The Bertz CT molecular complexity index is 875. The summed E-state index contributed by atoms with van der Waals surface area (Å²) >= 11 is 0. The molecule has 2 N–H and O–H groups in total. The van der Waals surface area contributed by atoms with Gasteiger partial charge < -0.3 is 20.1 Å². The Morgan fingerprint density at radius 1 is 1.18 bits per heavy atom. The summed E-state index contributed by atoms with van der Waals surface area (Å²) in [5.41, 5.74) is 1.94. The molecule has 0 aliphatic heterocycles. The van der Waals surface area contributed by atoms with E-state index < -0.39 is 0 Å². The molecule has 0 heterocycles. The number of carbonyl (C=O) groups is 2. The molecule has 6 nitrogen and oxygen atoms in total. The van der Waals surface area contributed by atoms with Crippen molar-refractivity contribution in [1.82, 2.24) is 5.32 Å². The van der Waals surface area contributed by atoms with Crippen LogP contribution < -0.4 is 20.1 Å². The highest BCUT2D eigenvalue weighted by atomic mass is 16.5. The first kappa shape index (κ1) is 19.5. The Morgan fingerprint density at radius 3 is 2.68 bits per heavy atom. The number of anilines is 1. The third-order valence-corrected chi connectivity index (χ3v) is 4.33. The van der Waals surface area contributed by atoms with Crippen LogP contribution in [0, 0.1) is 0 Å². The first-order valence-electron chi connectivity index (χ1n) is 9.21. The number of hydrogen-bond acceptors (Lipinski definition) is 4. The first-order valence-corrected chi connectivity index (χ1v) is 9.21. The fourth-order valence-corrected chi connectivity index (χ4v) is 2.74. The Morgan fingerprint density at radius 2 is 1.96 bits per heavy atom. The third-order valence-electron chi connectivity index (χ3n) is 4.33. The van der Waals surface area contributed by atoms with Crippen LogP contribution in [0.15, 0.2) is 55.1 Å². The topological polar surface area (TPSA) is 76.7 Å². The molecule has 2 amide bonds. The molecule has 28 heavy (non-hydrogen) atoms. The van der Waals surface area contributed by atoms with E-state index in [2.05, 4.69) is 17.2 Å². The molecule has 1 saturated carbocycles. The van der Waals surface area contributed by atoms with E-state index in [1.807, 2.05) is 12.1 Å². The quantitative estimate of drug-likeness (QED) is 0.654. The maximum atomic E-state index is 12.3. The number of ether oxygens (including phenoxy) is 2. The minimum Gasteiger partial charge on any atom is -0.493 e. The number of methoxy groups -OCH3 is 1. The summed E-state index contributed by atoms with van der Waals surface area (Å²) in [7, 11) is 1.55. The molecule has 2 aromatic rings. The van der Waals surface area contributed by atoms with E-state index in [-0.39, 0.29) is 24.5 Å². The molecule has 1 aliphatic rings. The first-order chi connectivity index (χ1) is 13.6. The summed E-state index contributed by atoms with van der Waals surface area (Å²) in [5.74, 6) is 0.490. The van der Waals surface area contributed by atoms with Gasteiger partial charge in [0.15, 0.2) is 18.1 Å². The second-order valence-electron chi connectivity index (χ2n) is 6.61. The number of allylic oxidation sites excluding steroid dienone is 1. The molecule has 0 saturated heterocycles. The van der Waals surface area contributed by atoms with Crippen LogP contribution in [0.1, 0.15) is 28.8 Å². The molecule has 3 rings (SSSR count). The van der Waals surface area contributed by atoms with Gasteiger partial charge in [0, 0.05) is 6.04 Å². The smallest absolute Gasteiger partial charge is 0.262 e. The van der Waals surface area contributed by atoms with Crippen molar-refractivity contribution in [2.24, 2.45) is 0 Å². The highest BCUT2D eigenvalue weighted by Crippen LogP contribution is 2.28. The second kappa shape index (κ2) is 9.08. The van der Waals surface area contributed by atoms with E-state index in [4.69, 9.17) is 9.47 Å². The van der Waals surface area contributed by atoms with Crippen molar-refractivity contribution in [3.63, 3.8) is 0 Å². The summed E-state index contributed by atoms with van der Waals surface area (Å²) < 4.78 is 10.9. The summed E-state index contributed by atoms with van der Waals surface area (Å²) in [5, 5.41) is 5.67. The molecule has 0 bridgehead atoms. The largest absolute Gasteiger partial charge is 0.493 e. The van der Waals surface area contributed by atoms with Crippen molar-refractivity contribution in [3.8, 4) is 11.5 Å². The zero-order chi connectivity index (χ0) is 19.9. The van der Waals surface area contributed by atoms with Crippen LogP contribution >= 0.6 is 0 Å². The lowest BCUT2D eigenvalue weighted by Gasteiger charge is -2.13. The van der Waals surface area contributed by atoms with E-state index in [1.54, 1.807) is 43.5 Å². The van der Waals surface area contributed by atoms with Crippen LogP contribution in [-0.2, 0) is 11.2 Å². The maximum Gasteiger partial charge on any atom is 0.262 e. The number of benzene rings is 2. The predicted octanol–water partition coefficient (Wildman–Crippen LogP) is 3.33. The molecule has 0 atom stereocenters. The zero-order valence-electron chi connectivity index (χ0n) is 15.9. The molecule has 6 heteroatoms. The van der Waals surface area contributed by atoms with E-state index in [0.717, 1.165) is 24.8 Å². The lowest BCUT2D eigenvalue weighted by molar-refractivity contribution is -0.118. The minimum absolute atomic E-state index is 0.182. The lowest BCUT2D eigenvalue weighted by Crippen LogP contribution is -2.28.